The molecule has 0 spiro atoms. The third kappa shape index (κ3) is 6.18. The van der Waals surface area contributed by atoms with Crippen molar-refractivity contribution in [3.63, 3.8) is 0 Å². The summed E-state index contributed by atoms with van der Waals surface area (Å²) in [4.78, 5) is 13.3. The van der Waals surface area contributed by atoms with Gasteiger partial charge in [-0.2, -0.15) is 0 Å². The Labute approximate surface area is 201 Å². The quantitative estimate of drug-likeness (QED) is 0.506. The summed E-state index contributed by atoms with van der Waals surface area (Å²) < 4.78 is 45.4. The van der Waals surface area contributed by atoms with Gasteiger partial charge >= 0.3 is 0 Å². The number of sulfonamides is 1. The van der Waals surface area contributed by atoms with E-state index in [4.69, 9.17) is 16.3 Å². The lowest BCUT2D eigenvalue weighted by Crippen LogP contribution is -2.49. The Morgan fingerprint density at radius 1 is 1.18 bits per heavy atom. The first-order valence-electron chi connectivity index (χ1n) is 10.7. The van der Waals surface area contributed by atoms with Crippen molar-refractivity contribution in [2.24, 2.45) is 0 Å². The molecule has 0 bridgehead atoms. The monoisotopic (exact) mass is 498 g/mol. The molecule has 2 aromatic rings. The number of nitrogens with zero attached hydrogens (tertiary/aromatic N) is 1. The summed E-state index contributed by atoms with van der Waals surface area (Å²) in [5.74, 6) is -0.129. The van der Waals surface area contributed by atoms with Crippen LogP contribution in [0.25, 0.3) is 0 Å². The maximum absolute atomic E-state index is 13.7. The summed E-state index contributed by atoms with van der Waals surface area (Å²) in [5, 5.41) is 2.72. The molecule has 182 valence electrons. The molecule has 2 aromatic carbocycles. The van der Waals surface area contributed by atoms with Gasteiger partial charge in [-0.3, -0.25) is 9.10 Å². The van der Waals surface area contributed by atoms with E-state index in [2.05, 4.69) is 19.2 Å². The van der Waals surface area contributed by atoms with Gasteiger partial charge in [-0.1, -0.05) is 32.4 Å². The van der Waals surface area contributed by atoms with Crippen LogP contribution in [0.2, 0.25) is 5.02 Å². The molecule has 6 nitrogen and oxygen atoms in total. The molecular formula is C24H32ClFN2O4S. The molecule has 0 radical (unpaired) electrons. The van der Waals surface area contributed by atoms with Crippen molar-refractivity contribution in [3.05, 3.63) is 57.9 Å². The molecule has 0 aromatic heterocycles. The predicted molar refractivity (Wildman–Crippen MR) is 131 cm³/mol. The lowest BCUT2D eigenvalue weighted by atomic mass is 9.93. The zero-order chi connectivity index (χ0) is 25.1. The number of ether oxygens (including phenoxy) is 1. The van der Waals surface area contributed by atoms with Crippen molar-refractivity contribution < 1.29 is 22.3 Å². The Bertz CT molecular complexity index is 1120. The Kier molecular flexibility index (Phi) is 8.76. The molecule has 1 amide bonds. The van der Waals surface area contributed by atoms with Gasteiger partial charge in [-0.15, -0.1) is 0 Å². The van der Waals surface area contributed by atoms with Gasteiger partial charge in [0.05, 0.1) is 30.1 Å². The number of carbonyl (C=O) groups is 1. The number of rotatable bonds is 9. The van der Waals surface area contributed by atoms with Crippen LogP contribution in [0.3, 0.4) is 0 Å². The third-order valence-corrected chi connectivity index (χ3v) is 7.02. The number of carbonyl (C=O) groups excluding carboxylic acids is 1. The summed E-state index contributed by atoms with van der Waals surface area (Å²) >= 11 is 5.87. The number of amides is 1. The molecule has 1 N–H and O–H groups in total. The molecule has 0 aliphatic rings. The Hall–Kier alpha value is -2.32. The lowest BCUT2D eigenvalue weighted by Gasteiger charge is -2.31. The molecule has 0 fully saturated rings. The predicted octanol–water partition coefficient (Wildman–Crippen LogP) is 5.34. The van der Waals surface area contributed by atoms with Crippen molar-refractivity contribution in [3.8, 4) is 5.75 Å². The van der Waals surface area contributed by atoms with Gasteiger partial charge in [-0.05, 0) is 73.2 Å². The number of nitrogens with one attached hydrogen (secondary N) is 1. The van der Waals surface area contributed by atoms with Crippen LogP contribution < -0.4 is 14.4 Å². The number of benzene rings is 2. The number of anilines is 1. The Balaban J connectivity index is 2.41. The average molecular weight is 499 g/mol. The maximum Gasteiger partial charge on any atom is 0.244 e. The first kappa shape index (κ1) is 26.9. The van der Waals surface area contributed by atoms with E-state index in [9.17, 15) is 17.6 Å². The highest BCUT2D eigenvalue weighted by Crippen LogP contribution is 2.32. The topological polar surface area (TPSA) is 75.7 Å². The van der Waals surface area contributed by atoms with E-state index in [1.807, 2.05) is 26.0 Å². The van der Waals surface area contributed by atoms with Crippen LogP contribution in [0, 0.1) is 12.7 Å². The van der Waals surface area contributed by atoms with Gasteiger partial charge in [0.15, 0.2) is 0 Å². The van der Waals surface area contributed by atoms with Gasteiger partial charge in [-0.25, -0.2) is 12.8 Å². The van der Waals surface area contributed by atoms with Gasteiger partial charge in [0, 0.05) is 0 Å². The van der Waals surface area contributed by atoms with Gasteiger partial charge in [0.2, 0.25) is 15.9 Å². The van der Waals surface area contributed by atoms with Crippen LogP contribution in [0.15, 0.2) is 30.3 Å². The van der Waals surface area contributed by atoms with Crippen LogP contribution in [0.5, 0.6) is 5.75 Å². The molecule has 0 heterocycles. The normalized spacial score (nSPS) is 13.5. The Morgan fingerprint density at radius 2 is 1.82 bits per heavy atom. The van der Waals surface area contributed by atoms with Crippen LogP contribution in [-0.4, -0.2) is 33.7 Å². The molecule has 2 atom stereocenters. The number of methoxy groups -OCH3 is 1. The highest BCUT2D eigenvalue weighted by Gasteiger charge is 2.33. The largest absolute Gasteiger partial charge is 0.496 e. The fourth-order valence-corrected chi connectivity index (χ4v) is 5.26. The van der Waals surface area contributed by atoms with E-state index in [-0.39, 0.29) is 29.1 Å². The van der Waals surface area contributed by atoms with Crippen molar-refractivity contribution in [2.45, 2.75) is 59.0 Å². The standard InChI is InChI=1S/C24H32ClFN2O4S/c1-8-22(28(33(7,30)31)17-9-10-21(26)20(25)12-17)24(29)27-16(5)19-13-18(14(2)3)23(32-6)11-15(19)4/h9-14,16,22H,8H2,1-7H3,(H,27,29). The fourth-order valence-electron chi connectivity index (χ4n) is 3.88. The molecule has 0 aliphatic carbocycles. The first-order chi connectivity index (χ1) is 15.3. The number of hydrogen-bond acceptors (Lipinski definition) is 4. The molecule has 0 saturated carbocycles. The smallest absolute Gasteiger partial charge is 0.244 e. The molecule has 0 saturated heterocycles. The summed E-state index contributed by atoms with van der Waals surface area (Å²) in [6, 6.07) is 6.12. The molecule has 33 heavy (non-hydrogen) atoms. The van der Waals surface area contributed by atoms with Gasteiger partial charge in [0.25, 0.3) is 0 Å². The van der Waals surface area contributed by atoms with E-state index in [1.165, 1.54) is 12.1 Å². The number of halogens is 2. The number of hydrogen-bond donors (Lipinski definition) is 1. The van der Waals surface area contributed by atoms with Crippen LogP contribution in [-0.2, 0) is 14.8 Å². The third-order valence-electron chi connectivity index (χ3n) is 5.55. The van der Waals surface area contributed by atoms with Crippen LogP contribution in [0.1, 0.15) is 62.8 Å². The lowest BCUT2D eigenvalue weighted by molar-refractivity contribution is -0.122. The maximum atomic E-state index is 13.7. The van der Waals surface area contributed by atoms with E-state index < -0.39 is 27.8 Å². The second-order valence-corrected chi connectivity index (χ2v) is 10.7. The van der Waals surface area contributed by atoms with Crippen molar-refractivity contribution >= 4 is 33.2 Å². The minimum absolute atomic E-state index is 0.126. The highest BCUT2D eigenvalue weighted by molar-refractivity contribution is 7.92. The highest BCUT2D eigenvalue weighted by atomic mass is 35.5. The fraction of sp³-hybridized carbons (Fsp3) is 0.458. The van der Waals surface area contributed by atoms with Crippen molar-refractivity contribution in [2.75, 3.05) is 17.7 Å². The number of aryl methyl sites for hydroxylation is 1. The van der Waals surface area contributed by atoms with Crippen molar-refractivity contribution in [1.82, 2.24) is 5.32 Å². The average Bonchev–Trinajstić information content (AvgIpc) is 2.72. The van der Waals surface area contributed by atoms with E-state index in [0.29, 0.717) is 0 Å². The molecule has 2 rings (SSSR count). The zero-order valence-corrected chi connectivity index (χ0v) is 21.6. The summed E-state index contributed by atoms with van der Waals surface area (Å²) in [6.45, 7) is 9.62. The van der Waals surface area contributed by atoms with Crippen LogP contribution >= 0.6 is 11.6 Å². The van der Waals surface area contributed by atoms with Crippen molar-refractivity contribution in [1.29, 1.82) is 0 Å². The van der Waals surface area contributed by atoms with E-state index in [0.717, 1.165) is 39.1 Å². The summed E-state index contributed by atoms with van der Waals surface area (Å²) in [7, 11) is -2.24. The minimum atomic E-state index is -3.86. The van der Waals surface area contributed by atoms with E-state index in [1.54, 1.807) is 14.0 Å². The first-order valence-corrected chi connectivity index (χ1v) is 13.0. The second-order valence-electron chi connectivity index (χ2n) is 8.42. The minimum Gasteiger partial charge on any atom is -0.496 e. The molecule has 9 heteroatoms. The molecular weight excluding hydrogens is 467 g/mol. The van der Waals surface area contributed by atoms with E-state index >= 15 is 0 Å². The van der Waals surface area contributed by atoms with Gasteiger partial charge in [0.1, 0.15) is 17.6 Å². The zero-order valence-electron chi connectivity index (χ0n) is 20.1. The van der Waals surface area contributed by atoms with Gasteiger partial charge < -0.3 is 10.1 Å². The molecule has 0 aliphatic heterocycles. The van der Waals surface area contributed by atoms with Crippen LogP contribution in [0.4, 0.5) is 10.1 Å². The summed E-state index contributed by atoms with van der Waals surface area (Å²) in [6.07, 6.45) is 1.21. The Morgan fingerprint density at radius 3 is 2.30 bits per heavy atom. The SMILES string of the molecule is CCC(C(=O)NC(C)c1cc(C(C)C)c(OC)cc1C)N(c1ccc(F)c(Cl)c1)S(C)(=O)=O. The second kappa shape index (κ2) is 10.7. The molecule has 2 unspecified atom stereocenters. The summed E-state index contributed by atoms with van der Waals surface area (Å²) in [5.41, 5.74) is 3.01.